The standard InChI is InChI=1S/C21H29N3O2/c1-14-12-16(22)19-17(23-14)10-7-11-18(19)26-13-21(2,3)24-20(25)15-8-5-4-6-9-15/h7,10-12,15H,4-6,8-9,13H2,1-3H3,(H2,22,23)(H,24,25). The number of hydrogen-bond acceptors (Lipinski definition) is 4. The zero-order valence-electron chi connectivity index (χ0n) is 16.0. The smallest absolute Gasteiger partial charge is 0.223 e. The number of nitrogen functional groups attached to an aromatic ring is 1. The van der Waals surface area contributed by atoms with E-state index in [2.05, 4.69) is 10.3 Å². The third-order valence-corrected chi connectivity index (χ3v) is 4.98. The summed E-state index contributed by atoms with van der Waals surface area (Å²) in [6, 6.07) is 7.60. The molecule has 1 aliphatic carbocycles. The van der Waals surface area contributed by atoms with Crippen LogP contribution in [0.3, 0.4) is 0 Å². The lowest BCUT2D eigenvalue weighted by Crippen LogP contribution is -2.50. The summed E-state index contributed by atoms with van der Waals surface area (Å²) in [6.07, 6.45) is 5.53. The van der Waals surface area contributed by atoms with Crippen molar-refractivity contribution < 1.29 is 9.53 Å². The molecule has 0 unspecified atom stereocenters. The fraction of sp³-hybridized carbons (Fsp3) is 0.524. The van der Waals surface area contributed by atoms with Gasteiger partial charge in [-0.3, -0.25) is 9.78 Å². The van der Waals surface area contributed by atoms with Crippen LogP contribution in [0.5, 0.6) is 5.75 Å². The van der Waals surface area contributed by atoms with E-state index in [1.165, 1.54) is 6.42 Å². The number of rotatable bonds is 5. The summed E-state index contributed by atoms with van der Waals surface area (Å²) in [5.41, 5.74) is 8.10. The van der Waals surface area contributed by atoms with E-state index < -0.39 is 5.54 Å². The largest absolute Gasteiger partial charge is 0.490 e. The number of ether oxygens (including phenoxy) is 1. The highest BCUT2D eigenvalue weighted by Gasteiger charge is 2.27. The molecule has 0 bridgehead atoms. The van der Waals surface area contributed by atoms with Gasteiger partial charge in [-0.1, -0.05) is 25.3 Å². The van der Waals surface area contributed by atoms with Crippen molar-refractivity contribution in [1.29, 1.82) is 0 Å². The lowest BCUT2D eigenvalue weighted by Gasteiger charge is -2.30. The van der Waals surface area contributed by atoms with Crippen LogP contribution in [0.25, 0.3) is 10.9 Å². The molecule has 1 aromatic carbocycles. The highest BCUT2D eigenvalue weighted by Crippen LogP contribution is 2.31. The van der Waals surface area contributed by atoms with Crippen molar-refractivity contribution in [1.82, 2.24) is 10.3 Å². The Balaban J connectivity index is 1.69. The van der Waals surface area contributed by atoms with E-state index in [9.17, 15) is 4.79 Å². The van der Waals surface area contributed by atoms with Crippen molar-refractivity contribution in [2.45, 2.75) is 58.4 Å². The second-order valence-corrected chi connectivity index (χ2v) is 8.00. The number of hydrogen-bond donors (Lipinski definition) is 2. The van der Waals surface area contributed by atoms with Crippen LogP contribution in [0, 0.1) is 12.8 Å². The Bertz CT molecular complexity index is 795. The average molecular weight is 355 g/mol. The van der Waals surface area contributed by atoms with Crippen LogP contribution in [0.15, 0.2) is 24.3 Å². The summed E-state index contributed by atoms with van der Waals surface area (Å²) in [4.78, 5) is 17.1. The Labute approximate surface area is 155 Å². The van der Waals surface area contributed by atoms with Crippen molar-refractivity contribution in [2.24, 2.45) is 5.92 Å². The van der Waals surface area contributed by atoms with E-state index in [1.807, 2.05) is 45.0 Å². The van der Waals surface area contributed by atoms with Crippen molar-refractivity contribution >= 4 is 22.5 Å². The fourth-order valence-electron chi connectivity index (χ4n) is 3.64. The van der Waals surface area contributed by atoms with Gasteiger partial charge in [0.15, 0.2) is 0 Å². The number of aromatic nitrogens is 1. The maximum atomic E-state index is 12.5. The van der Waals surface area contributed by atoms with Gasteiger partial charge in [-0.15, -0.1) is 0 Å². The van der Waals surface area contributed by atoms with E-state index in [4.69, 9.17) is 10.5 Å². The minimum Gasteiger partial charge on any atom is -0.490 e. The number of anilines is 1. The predicted molar refractivity (Wildman–Crippen MR) is 105 cm³/mol. The van der Waals surface area contributed by atoms with Gasteiger partial charge >= 0.3 is 0 Å². The Morgan fingerprint density at radius 3 is 2.77 bits per heavy atom. The molecule has 1 aromatic heterocycles. The first-order chi connectivity index (χ1) is 12.4. The molecule has 3 N–H and O–H groups in total. The van der Waals surface area contributed by atoms with Gasteiger partial charge < -0.3 is 15.8 Å². The van der Waals surface area contributed by atoms with Crippen molar-refractivity contribution in [3.05, 3.63) is 30.0 Å². The number of nitrogens with zero attached hydrogens (tertiary/aromatic N) is 1. The highest BCUT2D eigenvalue weighted by molar-refractivity contribution is 5.95. The van der Waals surface area contributed by atoms with Crippen molar-refractivity contribution in [2.75, 3.05) is 12.3 Å². The third kappa shape index (κ3) is 4.26. The zero-order valence-corrected chi connectivity index (χ0v) is 16.0. The molecule has 140 valence electrons. The fourth-order valence-corrected chi connectivity index (χ4v) is 3.64. The van der Waals surface area contributed by atoms with Gasteiger partial charge in [-0.05, 0) is 51.8 Å². The Kier molecular flexibility index (Phi) is 5.35. The van der Waals surface area contributed by atoms with Crippen LogP contribution in [-0.4, -0.2) is 23.0 Å². The predicted octanol–water partition coefficient (Wildman–Crippen LogP) is 3.98. The van der Waals surface area contributed by atoms with E-state index >= 15 is 0 Å². The first-order valence-electron chi connectivity index (χ1n) is 9.46. The second kappa shape index (κ2) is 7.52. The minimum absolute atomic E-state index is 0.142. The molecule has 1 amide bonds. The molecule has 0 spiro atoms. The van der Waals surface area contributed by atoms with Gasteiger partial charge in [0.1, 0.15) is 12.4 Å². The summed E-state index contributed by atoms with van der Waals surface area (Å²) < 4.78 is 6.06. The molecule has 3 rings (SSSR count). The average Bonchev–Trinajstić information content (AvgIpc) is 2.60. The third-order valence-electron chi connectivity index (χ3n) is 4.98. The van der Waals surface area contributed by atoms with Crippen LogP contribution >= 0.6 is 0 Å². The molecule has 0 radical (unpaired) electrons. The molecule has 5 nitrogen and oxygen atoms in total. The van der Waals surface area contributed by atoms with Crippen LogP contribution < -0.4 is 15.8 Å². The maximum Gasteiger partial charge on any atom is 0.223 e. The Hall–Kier alpha value is -2.30. The quantitative estimate of drug-likeness (QED) is 0.850. The minimum atomic E-state index is -0.455. The number of carbonyl (C=O) groups excluding carboxylic acids is 1. The molecule has 1 saturated carbocycles. The van der Waals surface area contributed by atoms with Crippen molar-refractivity contribution in [3.63, 3.8) is 0 Å². The summed E-state index contributed by atoms with van der Waals surface area (Å²) >= 11 is 0. The first kappa shape index (κ1) is 18.5. The molecule has 0 saturated heterocycles. The normalized spacial score (nSPS) is 15.8. The second-order valence-electron chi connectivity index (χ2n) is 8.00. The number of nitrogens with one attached hydrogen (secondary N) is 1. The van der Waals surface area contributed by atoms with Crippen LogP contribution in [0.4, 0.5) is 5.69 Å². The maximum absolute atomic E-state index is 12.5. The summed E-state index contributed by atoms with van der Waals surface area (Å²) in [5, 5.41) is 3.98. The number of aryl methyl sites for hydroxylation is 1. The molecule has 1 aliphatic rings. The molecule has 1 fully saturated rings. The van der Waals surface area contributed by atoms with Gasteiger partial charge in [-0.25, -0.2) is 0 Å². The number of amides is 1. The molecular formula is C21H29N3O2. The highest BCUT2D eigenvalue weighted by atomic mass is 16.5. The van der Waals surface area contributed by atoms with Gasteiger partial charge in [0.2, 0.25) is 5.91 Å². The molecule has 1 heterocycles. The van der Waals surface area contributed by atoms with Gasteiger partial charge in [-0.2, -0.15) is 0 Å². The monoisotopic (exact) mass is 355 g/mol. The lowest BCUT2D eigenvalue weighted by molar-refractivity contribution is -0.127. The van der Waals surface area contributed by atoms with Crippen LogP contribution in [0.1, 0.15) is 51.6 Å². The Morgan fingerprint density at radius 2 is 2.04 bits per heavy atom. The number of benzene rings is 1. The molecule has 26 heavy (non-hydrogen) atoms. The lowest BCUT2D eigenvalue weighted by atomic mass is 9.88. The topological polar surface area (TPSA) is 77.2 Å². The summed E-state index contributed by atoms with van der Waals surface area (Å²) in [7, 11) is 0. The summed E-state index contributed by atoms with van der Waals surface area (Å²) in [6.45, 7) is 6.28. The molecule has 0 atom stereocenters. The summed E-state index contributed by atoms with van der Waals surface area (Å²) in [5.74, 6) is 0.990. The molecule has 2 aromatic rings. The molecular weight excluding hydrogens is 326 g/mol. The number of pyridine rings is 1. The SMILES string of the molecule is Cc1cc(N)c2c(OCC(C)(C)NC(=O)C3CCCCC3)cccc2n1. The van der Waals surface area contributed by atoms with Crippen LogP contribution in [0.2, 0.25) is 0 Å². The van der Waals surface area contributed by atoms with Crippen molar-refractivity contribution in [3.8, 4) is 5.75 Å². The zero-order chi connectivity index (χ0) is 18.7. The first-order valence-corrected chi connectivity index (χ1v) is 9.46. The van der Waals surface area contributed by atoms with E-state index in [1.54, 1.807) is 0 Å². The number of carbonyl (C=O) groups is 1. The van der Waals surface area contributed by atoms with Gasteiger partial charge in [0.25, 0.3) is 0 Å². The molecule has 5 heteroatoms. The number of fused-ring (bicyclic) bond motifs is 1. The van der Waals surface area contributed by atoms with Gasteiger partial charge in [0, 0.05) is 17.3 Å². The van der Waals surface area contributed by atoms with Gasteiger partial charge in [0.05, 0.1) is 16.4 Å². The van der Waals surface area contributed by atoms with E-state index in [-0.39, 0.29) is 11.8 Å². The number of nitrogens with two attached hydrogens (primary N) is 1. The molecule has 0 aliphatic heterocycles. The van der Waals surface area contributed by atoms with E-state index in [0.717, 1.165) is 42.3 Å². The van der Waals surface area contributed by atoms with E-state index in [0.29, 0.717) is 18.0 Å². The Morgan fingerprint density at radius 1 is 1.31 bits per heavy atom. The van der Waals surface area contributed by atoms with Crippen LogP contribution in [-0.2, 0) is 4.79 Å².